The third-order valence-corrected chi connectivity index (χ3v) is 3.62. The molecule has 0 amide bonds. The number of nitrogens with zero attached hydrogens (tertiary/aromatic N) is 1. The summed E-state index contributed by atoms with van der Waals surface area (Å²) in [4.78, 5) is 16.9. The molecule has 1 N–H and O–H groups in total. The molecule has 0 spiro atoms. The van der Waals surface area contributed by atoms with E-state index in [9.17, 15) is 4.79 Å². The fraction of sp³-hybridized carbons (Fsp3) is 0.273. The first-order valence-electron chi connectivity index (χ1n) is 4.94. The molecule has 0 unspecified atom stereocenters. The van der Waals surface area contributed by atoms with Crippen molar-refractivity contribution < 1.29 is 14.7 Å². The highest BCUT2D eigenvalue weighted by Gasteiger charge is 2.22. The van der Waals surface area contributed by atoms with E-state index < -0.39 is 5.97 Å². The molecular formula is C11H10ClNO3S. The van der Waals surface area contributed by atoms with E-state index in [0.717, 1.165) is 4.90 Å². The zero-order chi connectivity index (χ0) is 12.4. The van der Waals surface area contributed by atoms with Crippen LogP contribution in [0.3, 0.4) is 0 Å². The standard InChI is InChI=1S/C11H10ClNO3S/c1-17-8-3-2-6(11(14)15)10(12)9(8)7-4-5-16-13-7/h2-3H,4-5H2,1H3,(H,14,15). The predicted octanol–water partition coefficient (Wildman–Crippen LogP) is 2.88. The Morgan fingerprint density at radius 2 is 2.35 bits per heavy atom. The fourth-order valence-electron chi connectivity index (χ4n) is 1.64. The van der Waals surface area contributed by atoms with Gasteiger partial charge in [-0.15, -0.1) is 11.8 Å². The summed E-state index contributed by atoms with van der Waals surface area (Å²) in [7, 11) is 0. The number of halogens is 1. The van der Waals surface area contributed by atoms with Gasteiger partial charge >= 0.3 is 5.97 Å². The van der Waals surface area contributed by atoms with Gasteiger partial charge < -0.3 is 9.94 Å². The van der Waals surface area contributed by atoms with Crippen molar-refractivity contribution in [2.24, 2.45) is 5.16 Å². The van der Waals surface area contributed by atoms with Crippen molar-refractivity contribution in [2.45, 2.75) is 11.3 Å². The third kappa shape index (κ3) is 2.25. The van der Waals surface area contributed by atoms with Gasteiger partial charge in [-0.2, -0.15) is 0 Å². The third-order valence-electron chi connectivity index (χ3n) is 2.45. The number of oxime groups is 1. The second-order valence-corrected chi connectivity index (χ2v) is 4.66. The SMILES string of the molecule is CSc1ccc(C(=O)O)c(Cl)c1C1=NOCC1. The van der Waals surface area contributed by atoms with Crippen LogP contribution in [0.25, 0.3) is 0 Å². The topological polar surface area (TPSA) is 58.9 Å². The Morgan fingerprint density at radius 1 is 1.59 bits per heavy atom. The average Bonchev–Trinajstić information content (AvgIpc) is 2.81. The largest absolute Gasteiger partial charge is 0.478 e. The number of carbonyl (C=O) groups is 1. The quantitative estimate of drug-likeness (QED) is 0.859. The molecule has 1 aliphatic heterocycles. The Kier molecular flexibility index (Phi) is 3.59. The van der Waals surface area contributed by atoms with E-state index in [2.05, 4.69) is 5.16 Å². The number of benzene rings is 1. The van der Waals surface area contributed by atoms with E-state index in [4.69, 9.17) is 21.5 Å². The molecule has 0 aliphatic carbocycles. The van der Waals surface area contributed by atoms with E-state index in [1.807, 2.05) is 6.26 Å². The Balaban J connectivity index is 2.60. The van der Waals surface area contributed by atoms with Crippen LogP contribution >= 0.6 is 23.4 Å². The van der Waals surface area contributed by atoms with Crippen LogP contribution in [0.1, 0.15) is 22.3 Å². The molecule has 0 saturated carbocycles. The van der Waals surface area contributed by atoms with Gasteiger partial charge in [-0.1, -0.05) is 16.8 Å². The number of hydrogen-bond acceptors (Lipinski definition) is 4. The first-order valence-corrected chi connectivity index (χ1v) is 6.54. The molecule has 0 fully saturated rings. The molecular weight excluding hydrogens is 262 g/mol. The molecule has 0 atom stereocenters. The van der Waals surface area contributed by atoms with Gasteiger partial charge in [0.15, 0.2) is 0 Å². The summed E-state index contributed by atoms with van der Waals surface area (Å²) in [6.45, 7) is 0.511. The number of thioether (sulfide) groups is 1. The number of carboxylic acids is 1. The minimum atomic E-state index is -1.04. The summed E-state index contributed by atoms with van der Waals surface area (Å²) in [5.74, 6) is -1.04. The molecule has 0 radical (unpaired) electrons. The van der Waals surface area contributed by atoms with E-state index in [0.29, 0.717) is 24.3 Å². The normalized spacial score (nSPS) is 14.4. The first kappa shape index (κ1) is 12.3. The maximum atomic E-state index is 11.0. The maximum Gasteiger partial charge on any atom is 0.337 e. The Hall–Kier alpha value is -1.20. The van der Waals surface area contributed by atoms with E-state index in [1.54, 1.807) is 6.07 Å². The highest BCUT2D eigenvalue weighted by molar-refractivity contribution is 7.98. The maximum absolute atomic E-state index is 11.0. The lowest BCUT2D eigenvalue weighted by molar-refractivity contribution is 0.0697. The molecule has 90 valence electrons. The smallest absolute Gasteiger partial charge is 0.337 e. The monoisotopic (exact) mass is 271 g/mol. The summed E-state index contributed by atoms with van der Waals surface area (Å²) in [5, 5.41) is 13.2. The minimum Gasteiger partial charge on any atom is -0.478 e. The van der Waals surface area contributed by atoms with Gasteiger partial charge in [0.1, 0.15) is 6.61 Å². The molecule has 1 aromatic carbocycles. The van der Waals surface area contributed by atoms with Gasteiger partial charge in [0, 0.05) is 16.9 Å². The van der Waals surface area contributed by atoms with Crippen LogP contribution in [0.5, 0.6) is 0 Å². The number of rotatable bonds is 3. The zero-order valence-corrected chi connectivity index (χ0v) is 10.6. The summed E-state index contributed by atoms with van der Waals surface area (Å²) in [6.07, 6.45) is 2.56. The highest BCUT2D eigenvalue weighted by Crippen LogP contribution is 2.32. The van der Waals surface area contributed by atoms with Crippen LogP contribution in [0.2, 0.25) is 5.02 Å². The van der Waals surface area contributed by atoms with Crippen LogP contribution in [0.4, 0.5) is 0 Å². The van der Waals surface area contributed by atoms with E-state index in [1.165, 1.54) is 17.8 Å². The van der Waals surface area contributed by atoms with Gasteiger partial charge in [-0.25, -0.2) is 4.79 Å². The van der Waals surface area contributed by atoms with Crippen LogP contribution < -0.4 is 0 Å². The van der Waals surface area contributed by atoms with E-state index in [-0.39, 0.29) is 10.6 Å². The second-order valence-electron chi connectivity index (χ2n) is 3.43. The lowest BCUT2D eigenvalue weighted by Crippen LogP contribution is -2.06. The zero-order valence-electron chi connectivity index (χ0n) is 9.07. The van der Waals surface area contributed by atoms with Crippen molar-refractivity contribution in [2.75, 3.05) is 12.9 Å². The molecule has 17 heavy (non-hydrogen) atoms. The van der Waals surface area contributed by atoms with Crippen LogP contribution in [0.15, 0.2) is 22.2 Å². The Labute approximate surface area is 108 Å². The molecule has 2 rings (SSSR count). The van der Waals surface area contributed by atoms with Crippen LogP contribution in [-0.2, 0) is 4.84 Å². The molecule has 6 heteroatoms. The molecule has 1 aromatic rings. The molecule has 1 aliphatic rings. The summed E-state index contributed by atoms with van der Waals surface area (Å²) in [5.41, 5.74) is 1.48. The molecule has 0 saturated heterocycles. The molecule has 0 bridgehead atoms. The predicted molar refractivity (Wildman–Crippen MR) is 67.3 cm³/mol. The lowest BCUT2D eigenvalue weighted by atomic mass is 10.0. The van der Waals surface area contributed by atoms with Crippen molar-refractivity contribution >= 4 is 35.0 Å². The first-order chi connectivity index (χ1) is 8.15. The van der Waals surface area contributed by atoms with E-state index >= 15 is 0 Å². The number of carboxylic acid groups (broad SMARTS) is 1. The van der Waals surface area contributed by atoms with Crippen molar-refractivity contribution in [1.29, 1.82) is 0 Å². The highest BCUT2D eigenvalue weighted by atomic mass is 35.5. The van der Waals surface area contributed by atoms with Gasteiger partial charge in [0.25, 0.3) is 0 Å². The average molecular weight is 272 g/mol. The van der Waals surface area contributed by atoms with Crippen molar-refractivity contribution in [3.05, 3.63) is 28.3 Å². The van der Waals surface area contributed by atoms with Gasteiger partial charge in [0.2, 0.25) is 0 Å². The van der Waals surface area contributed by atoms with Crippen molar-refractivity contribution in [3.63, 3.8) is 0 Å². The Bertz CT molecular complexity index is 502. The van der Waals surface area contributed by atoms with Crippen LogP contribution in [-0.4, -0.2) is 29.7 Å². The van der Waals surface area contributed by atoms with Gasteiger partial charge in [-0.3, -0.25) is 0 Å². The molecule has 1 heterocycles. The van der Waals surface area contributed by atoms with Crippen molar-refractivity contribution in [3.8, 4) is 0 Å². The number of aromatic carboxylic acids is 1. The fourth-order valence-corrected chi connectivity index (χ4v) is 2.68. The number of hydrogen-bond donors (Lipinski definition) is 1. The van der Waals surface area contributed by atoms with Gasteiger partial charge in [-0.05, 0) is 18.4 Å². The molecule has 4 nitrogen and oxygen atoms in total. The minimum absolute atomic E-state index is 0.0917. The van der Waals surface area contributed by atoms with Crippen molar-refractivity contribution in [1.82, 2.24) is 0 Å². The Morgan fingerprint density at radius 3 is 2.88 bits per heavy atom. The van der Waals surface area contributed by atoms with Crippen LogP contribution in [0, 0.1) is 0 Å². The summed E-state index contributed by atoms with van der Waals surface area (Å²) < 4.78 is 0. The lowest BCUT2D eigenvalue weighted by Gasteiger charge is -2.10. The van der Waals surface area contributed by atoms with Gasteiger partial charge in [0.05, 0.1) is 16.3 Å². The summed E-state index contributed by atoms with van der Waals surface area (Å²) in [6, 6.07) is 3.26. The summed E-state index contributed by atoms with van der Waals surface area (Å²) >= 11 is 7.64. The molecule has 0 aromatic heterocycles. The second kappa shape index (κ2) is 4.98.